The zero-order chi connectivity index (χ0) is 25.0. The van der Waals surface area contributed by atoms with E-state index >= 15 is 0 Å². The minimum Gasteiger partial charge on any atom is -0.366 e. The fourth-order valence-corrected chi connectivity index (χ4v) is 5.06. The van der Waals surface area contributed by atoms with Gasteiger partial charge in [0.2, 0.25) is 0 Å². The molecule has 0 radical (unpaired) electrons. The molecular weight excluding hydrogens is 457 g/mol. The highest BCUT2D eigenvalue weighted by Crippen LogP contribution is 2.28. The van der Waals surface area contributed by atoms with Gasteiger partial charge in [0.25, 0.3) is 0 Å². The van der Waals surface area contributed by atoms with Crippen LogP contribution in [0.15, 0.2) is 24.3 Å². The minimum atomic E-state index is 0.216. The van der Waals surface area contributed by atoms with Gasteiger partial charge < -0.3 is 16.0 Å². The van der Waals surface area contributed by atoms with Crippen LogP contribution in [0.1, 0.15) is 50.9 Å². The maximum absolute atomic E-state index is 9.35. The van der Waals surface area contributed by atoms with Crippen molar-refractivity contribution in [1.29, 1.82) is 10.5 Å². The molecule has 3 heterocycles. The molecule has 0 saturated carbocycles. The molecule has 184 valence electrons. The normalized spacial score (nSPS) is 12.9. The number of nitrogens with zero attached hydrogens (tertiary/aromatic N) is 5. The predicted molar refractivity (Wildman–Crippen MR) is 144 cm³/mol. The van der Waals surface area contributed by atoms with Gasteiger partial charge in [-0.05, 0) is 44.2 Å². The van der Waals surface area contributed by atoms with Crippen LogP contribution in [0.5, 0.6) is 0 Å². The number of anilines is 3. The van der Waals surface area contributed by atoms with E-state index in [1.54, 1.807) is 6.07 Å². The van der Waals surface area contributed by atoms with E-state index in [1.807, 2.05) is 25.1 Å². The van der Waals surface area contributed by atoms with Gasteiger partial charge in [0.15, 0.2) is 5.82 Å². The number of fused-ring (bicyclic) bond motifs is 1. The first-order chi connectivity index (χ1) is 17.1. The summed E-state index contributed by atoms with van der Waals surface area (Å²) in [7, 11) is 0.862. The highest BCUT2D eigenvalue weighted by Gasteiger charge is 2.18. The molecule has 35 heavy (non-hydrogen) atoms. The maximum Gasteiger partial charge on any atom is 0.153 e. The van der Waals surface area contributed by atoms with Crippen molar-refractivity contribution in [3.8, 4) is 12.1 Å². The first-order valence-corrected chi connectivity index (χ1v) is 13.6. The first kappa shape index (κ1) is 26.3. The molecule has 0 saturated heterocycles. The Bertz CT molecular complexity index is 1180. The monoisotopic (exact) mass is 491 g/mol. The third kappa shape index (κ3) is 7.89. The molecule has 0 fully saturated rings. The number of pyridine rings is 2. The largest absolute Gasteiger partial charge is 0.366 e. The molecule has 3 aromatic rings. The van der Waals surface area contributed by atoms with E-state index in [0.29, 0.717) is 41.9 Å². The SMILES string of the molecule is CCCPCC(CC(CC)NCCC#N)Nc1nc(Nc2cc(C)[nH]n2)cc2nc(C#N)ccc12. The third-order valence-corrected chi connectivity index (χ3v) is 7.29. The quantitative estimate of drug-likeness (QED) is 0.186. The average molecular weight is 492 g/mol. The lowest BCUT2D eigenvalue weighted by molar-refractivity contribution is 0.454. The van der Waals surface area contributed by atoms with Crippen LogP contribution in [0, 0.1) is 29.6 Å². The van der Waals surface area contributed by atoms with E-state index in [2.05, 4.69) is 57.1 Å². The Balaban J connectivity index is 1.91. The van der Waals surface area contributed by atoms with Crippen molar-refractivity contribution in [3.05, 3.63) is 35.7 Å². The van der Waals surface area contributed by atoms with Gasteiger partial charge in [-0.2, -0.15) is 15.6 Å². The molecule has 9 nitrogen and oxygen atoms in total. The summed E-state index contributed by atoms with van der Waals surface area (Å²) in [4.78, 5) is 9.40. The molecule has 4 N–H and O–H groups in total. The van der Waals surface area contributed by atoms with Crippen molar-refractivity contribution >= 4 is 36.9 Å². The highest BCUT2D eigenvalue weighted by atomic mass is 31.1. The Morgan fingerprint density at radius 3 is 2.66 bits per heavy atom. The number of aromatic nitrogens is 4. The van der Waals surface area contributed by atoms with Crippen molar-refractivity contribution in [1.82, 2.24) is 25.5 Å². The van der Waals surface area contributed by atoms with Crippen LogP contribution >= 0.6 is 8.58 Å². The molecule has 0 aromatic carbocycles. The molecule has 0 aliphatic carbocycles. The molecule has 0 amide bonds. The molecule has 0 bridgehead atoms. The smallest absolute Gasteiger partial charge is 0.153 e. The zero-order valence-corrected chi connectivity index (χ0v) is 21.6. The number of nitrogens with one attached hydrogen (secondary N) is 4. The lowest BCUT2D eigenvalue weighted by Gasteiger charge is -2.26. The van der Waals surface area contributed by atoms with E-state index in [0.717, 1.165) is 44.5 Å². The zero-order valence-electron chi connectivity index (χ0n) is 20.6. The summed E-state index contributed by atoms with van der Waals surface area (Å²) in [5.41, 5.74) is 2.01. The highest BCUT2D eigenvalue weighted by molar-refractivity contribution is 7.38. The second kappa shape index (κ2) is 13.6. The average Bonchev–Trinajstić information content (AvgIpc) is 3.27. The predicted octanol–water partition coefficient (Wildman–Crippen LogP) is 4.82. The summed E-state index contributed by atoms with van der Waals surface area (Å²) >= 11 is 0. The van der Waals surface area contributed by atoms with Gasteiger partial charge in [-0.3, -0.25) is 5.10 Å². The number of rotatable bonds is 14. The second-order valence-corrected chi connectivity index (χ2v) is 9.95. The molecule has 3 rings (SSSR count). The Morgan fingerprint density at radius 2 is 1.97 bits per heavy atom. The van der Waals surface area contributed by atoms with Crippen LogP contribution in [0.4, 0.5) is 17.5 Å². The standard InChI is InChI=1S/C25H34N9P/c1-4-11-35-16-20(13-18(5-2)28-10-6-9-26)30-25-21-8-7-19(15-27)29-22(21)14-23(32-25)31-24-12-17(3)33-34-24/h7-8,12,14,18,20,28,35H,4-6,10-11,13,16H2,1-3H3,(H3,30,31,32,33,34). The van der Waals surface area contributed by atoms with Gasteiger partial charge in [0, 0.05) is 48.3 Å². The van der Waals surface area contributed by atoms with Crippen LogP contribution in [-0.2, 0) is 0 Å². The molecule has 3 unspecified atom stereocenters. The number of nitriles is 2. The third-order valence-electron chi connectivity index (χ3n) is 5.65. The lowest BCUT2D eigenvalue weighted by Crippen LogP contribution is -2.36. The summed E-state index contributed by atoms with van der Waals surface area (Å²) in [5, 5.41) is 36.8. The van der Waals surface area contributed by atoms with Crippen LogP contribution < -0.4 is 16.0 Å². The number of aromatic amines is 1. The Hall–Kier alpha value is -3.26. The Labute approximate surface area is 208 Å². The summed E-state index contributed by atoms with van der Waals surface area (Å²) in [5.74, 6) is 2.03. The van der Waals surface area contributed by atoms with E-state index in [1.165, 1.54) is 12.6 Å². The second-order valence-electron chi connectivity index (χ2n) is 8.54. The molecule has 0 aliphatic heterocycles. The summed E-state index contributed by atoms with van der Waals surface area (Å²) in [6.07, 6.45) is 5.86. The van der Waals surface area contributed by atoms with Crippen molar-refractivity contribution in [3.63, 3.8) is 0 Å². The molecule has 0 aliphatic rings. The molecule has 3 atom stereocenters. The number of H-pyrrole nitrogens is 1. The van der Waals surface area contributed by atoms with Crippen molar-refractivity contribution in [2.45, 2.75) is 58.5 Å². The number of aryl methyl sites for hydroxylation is 1. The van der Waals surface area contributed by atoms with Gasteiger partial charge in [-0.25, -0.2) is 9.97 Å². The molecular formula is C25H34N9P. The Kier molecular flexibility index (Phi) is 10.2. The van der Waals surface area contributed by atoms with Crippen LogP contribution in [0.2, 0.25) is 0 Å². The minimum absolute atomic E-state index is 0.216. The fraction of sp³-hybridized carbons (Fsp3) is 0.480. The van der Waals surface area contributed by atoms with E-state index in [4.69, 9.17) is 10.2 Å². The fourth-order valence-electron chi connectivity index (χ4n) is 3.89. The van der Waals surface area contributed by atoms with E-state index < -0.39 is 0 Å². The van der Waals surface area contributed by atoms with Gasteiger partial charge in [-0.1, -0.05) is 20.3 Å². The van der Waals surface area contributed by atoms with Gasteiger partial charge in [-0.15, -0.1) is 8.58 Å². The summed E-state index contributed by atoms with van der Waals surface area (Å²) in [6, 6.07) is 12.3. The van der Waals surface area contributed by atoms with Crippen LogP contribution in [0.25, 0.3) is 10.9 Å². The lowest BCUT2D eigenvalue weighted by atomic mass is 10.1. The summed E-state index contributed by atoms with van der Waals surface area (Å²) < 4.78 is 0. The maximum atomic E-state index is 9.35. The van der Waals surface area contributed by atoms with E-state index in [9.17, 15) is 5.26 Å². The van der Waals surface area contributed by atoms with Crippen LogP contribution in [-0.4, -0.2) is 51.1 Å². The first-order valence-electron chi connectivity index (χ1n) is 12.1. The van der Waals surface area contributed by atoms with Gasteiger partial charge in [0.1, 0.15) is 23.4 Å². The van der Waals surface area contributed by atoms with Gasteiger partial charge >= 0.3 is 0 Å². The number of hydrogen-bond acceptors (Lipinski definition) is 8. The van der Waals surface area contributed by atoms with E-state index in [-0.39, 0.29) is 6.04 Å². The Morgan fingerprint density at radius 1 is 1.11 bits per heavy atom. The van der Waals surface area contributed by atoms with Crippen molar-refractivity contribution < 1.29 is 0 Å². The van der Waals surface area contributed by atoms with Crippen molar-refractivity contribution in [2.24, 2.45) is 0 Å². The van der Waals surface area contributed by atoms with Gasteiger partial charge in [0.05, 0.1) is 11.6 Å². The molecule has 10 heteroatoms. The van der Waals surface area contributed by atoms with Crippen LogP contribution in [0.3, 0.4) is 0 Å². The summed E-state index contributed by atoms with van der Waals surface area (Å²) in [6.45, 7) is 7.03. The molecule has 3 aromatic heterocycles. The van der Waals surface area contributed by atoms with Crippen molar-refractivity contribution in [2.75, 3.05) is 29.5 Å². The topological polar surface area (TPSA) is 138 Å². The molecule has 0 spiro atoms. The number of hydrogen-bond donors (Lipinski definition) is 4.